The Labute approximate surface area is 117 Å². The molecular formula is C14H19FN4O. The lowest BCUT2D eigenvalue weighted by molar-refractivity contribution is -0.0335. The van der Waals surface area contributed by atoms with Crippen molar-refractivity contribution in [2.24, 2.45) is 0 Å². The average Bonchev–Trinajstić information content (AvgIpc) is 2.74. The van der Waals surface area contributed by atoms with Crippen molar-refractivity contribution in [3.05, 3.63) is 24.0 Å². The number of aromatic nitrogens is 2. The standard InChI is InChI=1S/C14H19FN4O/c1-2-18-5-6-20-11(8-18)9-19-13-4-3-10(15)7-12(13)17-14(19)16/h3-4,7,11H,2,5-6,8-9H2,1H3,(H2,16,17). The second-order valence-electron chi connectivity index (χ2n) is 5.10. The van der Waals surface area contributed by atoms with Crippen LogP contribution in [0, 0.1) is 5.82 Å². The summed E-state index contributed by atoms with van der Waals surface area (Å²) in [6, 6.07) is 4.55. The Bertz CT molecular complexity index is 612. The number of hydrogen-bond donors (Lipinski definition) is 1. The summed E-state index contributed by atoms with van der Waals surface area (Å²) in [6.07, 6.45) is 0.0912. The molecule has 1 atom stereocenters. The number of ether oxygens (including phenoxy) is 1. The molecule has 1 aromatic carbocycles. The molecule has 2 heterocycles. The molecule has 0 spiro atoms. The first-order valence-electron chi connectivity index (χ1n) is 6.92. The van der Waals surface area contributed by atoms with Crippen LogP contribution in [0.15, 0.2) is 18.2 Å². The van der Waals surface area contributed by atoms with Gasteiger partial charge >= 0.3 is 0 Å². The highest BCUT2D eigenvalue weighted by atomic mass is 19.1. The smallest absolute Gasteiger partial charge is 0.201 e. The number of likely N-dealkylation sites (N-methyl/N-ethyl adjacent to an activating group) is 1. The van der Waals surface area contributed by atoms with Gasteiger partial charge in [0.15, 0.2) is 0 Å². The Balaban J connectivity index is 1.85. The molecule has 6 heteroatoms. The molecule has 108 valence electrons. The second kappa shape index (κ2) is 5.38. The first-order chi connectivity index (χ1) is 9.67. The minimum absolute atomic E-state index is 0.0912. The van der Waals surface area contributed by atoms with Crippen molar-refractivity contribution in [2.45, 2.75) is 19.6 Å². The van der Waals surface area contributed by atoms with Crippen molar-refractivity contribution < 1.29 is 9.13 Å². The molecule has 1 saturated heterocycles. The van der Waals surface area contributed by atoms with Crippen LogP contribution in [0.3, 0.4) is 0 Å². The molecule has 2 aromatic rings. The maximum Gasteiger partial charge on any atom is 0.201 e. The SMILES string of the molecule is CCN1CCOC(Cn2c(N)nc3cc(F)ccc32)C1. The summed E-state index contributed by atoms with van der Waals surface area (Å²) in [5.41, 5.74) is 7.38. The van der Waals surface area contributed by atoms with E-state index in [0.717, 1.165) is 31.8 Å². The van der Waals surface area contributed by atoms with Crippen LogP contribution in [-0.2, 0) is 11.3 Å². The summed E-state index contributed by atoms with van der Waals surface area (Å²) >= 11 is 0. The zero-order valence-corrected chi connectivity index (χ0v) is 11.6. The van der Waals surface area contributed by atoms with Gasteiger partial charge in [-0.2, -0.15) is 0 Å². The quantitative estimate of drug-likeness (QED) is 0.924. The molecule has 0 aliphatic carbocycles. The molecule has 0 amide bonds. The highest BCUT2D eigenvalue weighted by Crippen LogP contribution is 2.20. The minimum atomic E-state index is -0.298. The van der Waals surface area contributed by atoms with E-state index < -0.39 is 0 Å². The van der Waals surface area contributed by atoms with E-state index in [1.54, 1.807) is 6.07 Å². The van der Waals surface area contributed by atoms with Gasteiger partial charge in [-0.05, 0) is 18.7 Å². The molecule has 1 aromatic heterocycles. The minimum Gasteiger partial charge on any atom is -0.374 e. The van der Waals surface area contributed by atoms with E-state index in [9.17, 15) is 4.39 Å². The van der Waals surface area contributed by atoms with Crippen LogP contribution in [0.4, 0.5) is 10.3 Å². The van der Waals surface area contributed by atoms with E-state index in [2.05, 4.69) is 16.8 Å². The molecule has 0 bridgehead atoms. The van der Waals surface area contributed by atoms with Gasteiger partial charge < -0.3 is 15.0 Å². The number of nitrogens with two attached hydrogens (primary N) is 1. The Hall–Kier alpha value is -1.66. The van der Waals surface area contributed by atoms with E-state index in [4.69, 9.17) is 10.5 Å². The fraction of sp³-hybridized carbons (Fsp3) is 0.500. The Morgan fingerprint density at radius 2 is 2.35 bits per heavy atom. The Kier molecular flexibility index (Phi) is 3.58. The Morgan fingerprint density at radius 1 is 1.50 bits per heavy atom. The maximum absolute atomic E-state index is 13.2. The highest BCUT2D eigenvalue weighted by molar-refractivity contribution is 5.78. The lowest BCUT2D eigenvalue weighted by Gasteiger charge is -2.32. The summed E-state index contributed by atoms with van der Waals surface area (Å²) in [4.78, 5) is 6.56. The number of hydrogen-bond acceptors (Lipinski definition) is 4. The molecule has 20 heavy (non-hydrogen) atoms. The largest absolute Gasteiger partial charge is 0.374 e. The van der Waals surface area contributed by atoms with Crippen LogP contribution < -0.4 is 5.73 Å². The number of halogens is 1. The van der Waals surface area contributed by atoms with Gasteiger partial charge in [0.1, 0.15) is 5.82 Å². The third-order valence-electron chi connectivity index (χ3n) is 3.80. The van der Waals surface area contributed by atoms with Crippen molar-refractivity contribution in [1.29, 1.82) is 0 Å². The van der Waals surface area contributed by atoms with Gasteiger partial charge in [-0.1, -0.05) is 6.92 Å². The monoisotopic (exact) mass is 278 g/mol. The third-order valence-corrected chi connectivity index (χ3v) is 3.80. The summed E-state index contributed by atoms with van der Waals surface area (Å²) in [6.45, 7) is 6.40. The van der Waals surface area contributed by atoms with E-state index in [1.807, 2.05) is 4.57 Å². The molecule has 2 N–H and O–H groups in total. The molecule has 1 unspecified atom stereocenters. The number of anilines is 1. The highest BCUT2D eigenvalue weighted by Gasteiger charge is 2.21. The third kappa shape index (κ3) is 2.48. The number of benzene rings is 1. The molecule has 1 fully saturated rings. The number of rotatable bonds is 3. The van der Waals surface area contributed by atoms with Gasteiger partial charge in [-0.15, -0.1) is 0 Å². The van der Waals surface area contributed by atoms with Gasteiger partial charge in [-0.25, -0.2) is 9.37 Å². The first kappa shape index (κ1) is 13.3. The van der Waals surface area contributed by atoms with Crippen LogP contribution in [-0.4, -0.2) is 46.8 Å². The van der Waals surface area contributed by atoms with Crippen molar-refractivity contribution in [1.82, 2.24) is 14.5 Å². The average molecular weight is 278 g/mol. The second-order valence-corrected chi connectivity index (χ2v) is 5.10. The topological polar surface area (TPSA) is 56.3 Å². The molecule has 0 radical (unpaired) electrons. The molecule has 1 aliphatic heterocycles. The van der Waals surface area contributed by atoms with Crippen molar-refractivity contribution in [2.75, 3.05) is 32.0 Å². The number of imidazole rings is 1. The molecule has 1 aliphatic rings. The molecule has 0 saturated carbocycles. The first-order valence-corrected chi connectivity index (χ1v) is 6.92. The zero-order valence-electron chi connectivity index (χ0n) is 11.6. The number of nitrogens with zero attached hydrogens (tertiary/aromatic N) is 3. The molecular weight excluding hydrogens is 259 g/mol. The Morgan fingerprint density at radius 3 is 3.15 bits per heavy atom. The van der Waals surface area contributed by atoms with Crippen LogP contribution in [0.25, 0.3) is 11.0 Å². The van der Waals surface area contributed by atoms with Crippen molar-refractivity contribution in [3.8, 4) is 0 Å². The van der Waals surface area contributed by atoms with Gasteiger partial charge in [0.25, 0.3) is 0 Å². The van der Waals surface area contributed by atoms with Crippen LogP contribution in [0.2, 0.25) is 0 Å². The fourth-order valence-corrected chi connectivity index (χ4v) is 2.70. The number of fused-ring (bicyclic) bond motifs is 1. The fourth-order valence-electron chi connectivity index (χ4n) is 2.70. The van der Waals surface area contributed by atoms with Gasteiger partial charge in [0.2, 0.25) is 5.95 Å². The summed E-state index contributed by atoms with van der Waals surface area (Å²) in [7, 11) is 0. The molecule has 5 nitrogen and oxygen atoms in total. The summed E-state index contributed by atoms with van der Waals surface area (Å²) in [5, 5.41) is 0. The summed E-state index contributed by atoms with van der Waals surface area (Å²) < 4.78 is 20.9. The van der Waals surface area contributed by atoms with E-state index >= 15 is 0 Å². The normalized spacial score (nSPS) is 20.6. The number of nitrogen functional groups attached to an aromatic ring is 1. The zero-order chi connectivity index (χ0) is 14.1. The predicted octanol–water partition coefficient (Wildman–Crippen LogP) is 1.48. The van der Waals surface area contributed by atoms with Gasteiger partial charge in [-0.3, -0.25) is 4.90 Å². The van der Waals surface area contributed by atoms with E-state index in [0.29, 0.717) is 18.0 Å². The maximum atomic E-state index is 13.2. The van der Waals surface area contributed by atoms with Crippen molar-refractivity contribution in [3.63, 3.8) is 0 Å². The lowest BCUT2D eigenvalue weighted by atomic mass is 10.2. The van der Waals surface area contributed by atoms with Crippen LogP contribution in [0.5, 0.6) is 0 Å². The van der Waals surface area contributed by atoms with E-state index in [-0.39, 0.29) is 11.9 Å². The summed E-state index contributed by atoms with van der Waals surface area (Å²) in [5.74, 6) is 0.107. The number of morpholine rings is 1. The lowest BCUT2D eigenvalue weighted by Crippen LogP contribution is -2.44. The predicted molar refractivity (Wildman–Crippen MR) is 76.0 cm³/mol. The van der Waals surface area contributed by atoms with Gasteiger partial charge in [0, 0.05) is 19.2 Å². The van der Waals surface area contributed by atoms with Crippen LogP contribution >= 0.6 is 0 Å². The van der Waals surface area contributed by atoms with Crippen molar-refractivity contribution >= 4 is 17.0 Å². The van der Waals surface area contributed by atoms with E-state index in [1.165, 1.54) is 12.1 Å². The van der Waals surface area contributed by atoms with Crippen LogP contribution in [0.1, 0.15) is 6.92 Å². The van der Waals surface area contributed by atoms with Gasteiger partial charge in [0.05, 0.1) is 30.3 Å². The molecule has 3 rings (SSSR count).